The Hall–Kier alpha value is -1.76. The number of ether oxygens (including phenoxy) is 2. The first-order valence-corrected chi connectivity index (χ1v) is 6.55. The molecule has 0 aliphatic heterocycles. The molecule has 0 heterocycles. The summed E-state index contributed by atoms with van der Waals surface area (Å²) >= 11 is 3.06. The molecule has 7 heteroatoms. The molecule has 0 spiro atoms. The van der Waals surface area contributed by atoms with Crippen molar-refractivity contribution in [3.8, 4) is 11.5 Å². The van der Waals surface area contributed by atoms with Crippen LogP contribution in [0, 0.1) is 5.82 Å². The number of halogens is 5. The Morgan fingerprint density at radius 1 is 0.952 bits per heavy atom. The maximum absolute atomic E-state index is 13.0. The van der Waals surface area contributed by atoms with Crippen LogP contribution < -0.4 is 9.47 Å². The standard InChI is InChI=1S/C14H9BrF4O2/c15-12-7-9(1-6-13(12)16)8-20-10-2-4-11(5-3-10)21-14(17,18)19/h1-7H,8H2. The van der Waals surface area contributed by atoms with E-state index >= 15 is 0 Å². The summed E-state index contributed by atoms with van der Waals surface area (Å²) in [4.78, 5) is 0. The van der Waals surface area contributed by atoms with Gasteiger partial charge in [0.05, 0.1) is 4.47 Å². The summed E-state index contributed by atoms with van der Waals surface area (Å²) < 4.78 is 58.5. The van der Waals surface area contributed by atoms with Crippen molar-refractivity contribution in [2.45, 2.75) is 13.0 Å². The average Bonchev–Trinajstić information content (AvgIpc) is 2.40. The Morgan fingerprint density at radius 2 is 1.57 bits per heavy atom. The minimum atomic E-state index is -4.72. The molecular formula is C14H9BrF4O2. The number of hydrogen-bond acceptors (Lipinski definition) is 2. The monoisotopic (exact) mass is 364 g/mol. The van der Waals surface area contributed by atoms with Crippen LogP contribution in [0.25, 0.3) is 0 Å². The fourth-order valence-corrected chi connectivity index (χ4v) is 1.96. The zero-order valence-electron chi connectivity index (χ0n) is 10.5. The third-order valence-corrected chi connectivity index (χ3v) is 3.05. The van der Waals surface area contributed by atoms with E-state index in [-0.39, 0.29) is 18.2 Å². The van der Waals surface area contributed by atoms with Gasteiger partial charge in [-0.05, 0) is 57.9 Å². The Morgan fingerprint density at radius 3 is 2.14 bits per heavy atom. The third-order valence-electron chi connectivity index (χ3n) is 2.45. The molecule has 0 saturated heterocycles. The van der Waals surface area contributed by atoms with Gasteiger partial charge in [-0.15, -0.1) is 13.2 Å². The SMILES string of the molecule is Fc1ccc(COc2ccc(OC(F)(F)F)cc2)cc1Br. The summed E-state index contributed by atoms with van der Waals surface area (Å²) in [6.45, 7) is 0.165. The van der Waals surface area contributed by atoms with E-state index in [1.165, 1.54) is 18.2 Å². The van der Waals surface area contributed by atoms with Crippen molar-refractivity contribution < 1.29 is 27.0 Å². The van der Waals surface area contributed by atoms with Crippen molar-refractivity contribution in [1.29, 1.82) is 0 Å². The molecular weight excluding hydrogens is 356 g/mol. The van der Waals surface area contributed by atoms with E-state index in [0.29, 0.717) is 10.2 Å². The summed E-state index contributed by atoms with van der Waals surface area (Å²) in [7, 11) is 0. The fourth-order valence-electron chi connectivity index (χ4n) is 1.53. The number of hydrogen-bond donors (Lipinski definition) is 0. The molecule has 0 aromatic heterocycles. The lowest BCUT2D eigenvalue weighted by Gasteiger charge is -2.10. The Bertz CT molecular complexity index is 611. The van der Waals surface area contributed by atoms with E-state index in [4.69, 9.17) is 4.74 Å². The molecule has 2 rings (SSSR count). The van der Waals surface area contributed by atoms with Gasteiger partial charge in [-0.25, -0.2) is 4.39 Å². The van der Waals surface area contributed by atoms with Crippen LogP contribution in [0.5, 0.6) is 11.5 Å². The van der Waals surface area contributed by atoms with Gasteiger partial charge in [-0.1, -0.05) is 6.07 Å². The Balaban J connectivity index is 1.96. The molecule has 0 aliphatic carbocycles. The Labute approximate surface area is 126 Å². The van der Waals surface area contributed by atoms with Crippen molar-refractivity contribution in [3.05, 3.63) is 58.3 Å². The second-order valence-corrected chi connectivity index (χ2v) is 4.91. The lowest BCUT2D eigenvalue weighted by atomic mass is 10.2. The zero-order chi connectivity index (χ0) is 15.5. The summed E-state index contributed by atoms with van der Waals surface area (Å²) in [6, 6.07) is 9.45. The molecule has 2 aromatic rings. The molecule has 0 saturated carbocycles. The highest BCUT2D eigenvalue weighted by Crippen LogP contribution is 2.25. The van der Waals surface area contributed by atoms with Crippen molar-refractivity contribution in [2.24, 2.45) is 0 Å². The van der Waals surface area contributed by atoms with E-state index in [1.807, 2.05) is 0 Å². The molecule has 2 aromatic carbocycles. The minimum Gasteiger partial charge on any atom is -0.489 e. The predicted octanol–water partition coefficient (Wildman–Crippen LogP) is 5.07. The van der Waals surface area contributed by atoms with Crippen molar-refractivity contribution in [3.63, 3.8) is 0 Å². The van der Waals surface area contributed by atoms with E-state index in [0.717, 1.165) is 17.7 Å². The van der Waals surface area contributed by atoms with E-state index in [1.54, 1.807) is 12.1 Å². The second-order valence-electron chi connectivity index (χ2n) is 4.06. The van der Waals surface area contributed by atoms with Gasteiger partial charge < -0.3 is 9.47 Å². The summed E-state index contributed by atoms with van der Waals surface area (Å²) in [5.74, 6) is -0.322. The van der Waals surface area contributed by atoms with Gasteiger partial charge in [-0.3, -0.25) is 0 Å². The number of rotatable bonds is 4. The van der Waals surface area contributed by atoms with Crippen LogP contribution in [0.1, 0.15) is 5.56 Å². The normalized spacial score (nSPS) is 11.3. The smallest absolute Gasteiger partial charge is 0.489 e. The van der Waals surface area contributed by atoms with Gasteiger partial charge in [0, 0.05) is 0 Å². The molecule has 0 radical (unpaired) electrons. The van der Waals surface area contributed by atoms with Gasteiger partial charge in [-0.2, -0.15) is 0 Å². The first kappa shape index (κ1) is 15.6. The molecule has 0 unspecified atom stereocenters. The van der Waals surface area contributed by atoms with Gasteiger partial charge in [0.15, 0.2) is 0 Å². The molecule has 112 valence electrons. The lowest BCUT2D eigenvalue weighted by molar-refractivity contribution is -0.274. The molecule has 0 fully saturated rings. The highest BCUT2D eigenvalue weighted by molar-refractivity contribution is 9.10. The molecule has 0 amide bonds. The molecule has 0 bridgehead atoms. The molecule has 2 nitrogen and oxygen atoms in total. The lowest BCUT2D eigenvalue weighted by Crippen LogP contribution is -2.16. The average molecular weight is 365 g/mol. The zero-order valence-corrected chi connectivity index (χ0v) is 12.0. The van der Waals surface area contributed by atoms with Crippen LogP contribution in [0.2, 0.25) is 0 Å². The highest BCUT2D eigenvalue weighted by Gasteiger charge is 2.30. The van der Waals surface area contributed by atoms with Gasteiger partial charge >= 0.3 is 6.36 Å². The van der Waals surface area contributed by atoms with Crippen LogP contribution in [0.3, 0.4) is 0 Å². The molecule has 0 N–H and O–H groups in total. The molecule has 21 heavy (non-hydrogen) atoms. The van der Waals surface area contributed by atoms with Crippen molar-refractivity contribution in [1.82, 2.24) is 0 Å². The van der Waals surface area contributed by atoms with Gasteiger partial charge in [0.2, 0.25) is 0 Å². The van der Waals surface area contributed by atoms with Crippen LogP contribution in [-0.4, -0.2) is 6.36 Å². The minimum absolute atomic E-state index is 0.165. The summed E-state index contributed by atoms with van der Waals surface area (Å²) in [6.07, 6.45) is -4.72. The number of benzene rings is 2. The van der Waals surface area contributed by atoms with Gasteiger partial charge in [0.25, 0.3) is 0 Å². The van der Waals surface area contributed by atoms with Crippen LogP contribution in [0.15, 0.2) is 46.9 Å². The highest BCUT2D eigenvalue weighted by atomic mass is 79.9. The third kappa shape index (κ3) is 4.93. The fraction of sp³-hybridized carbons (Fsp3) is 0.143. The van der Waals surface area contributed by atoms with E-state index < -0.39 is 6.36 Å². The van der Waals surface area contributed by atoms with Crippen molar-refractivity contribution in [2.75, 3.05) is 0 Å². The van der Waals surface area contributed by atoms with Crippen LogP contribution >= 0.6 is 15.9 Å². The van der Waals surface area contributed by atoms with Crippen molar-refractivity contribution >= 4 is 15.9 Å². The van der Waals surface area contributed by atoms with E-state index in [9.17, 15) is 17.6 Å². The maximum Gasteiger partial charge on any atom is 0.573 e. The topological polar surface area (TPSA) is 18.5 Å². The van der Waals surface area contributed by atoms with Crippen LogP contribution in [-0.2, 0) is 6.61 Å². The van der Waals surface area contributed by atoms with E-state index in [2.05, 4.69) is 20.7 Å². The maximum atomic E-state index is 13.0. The number of alkyl halides is 3. The summed E-state index contributed by atoms with van der Waals surface area (Å²) in [5, 5.41) is 0. The molecule has 0 aliphatic rings. The predicted molar refractivity (Wildman–Crippen MR) is 71.6 cm³/mol. The molecule has 0 atom stereocenters. The first-order chi connectivity index (χ1) is 9.83. The summed E-state index contributed by atoms with van der Waals surface area (Å²) in [5.41, 5.74) is 0.721. The Kier molecular flexibility index (Phi) is 4.72. The van der Waals surface area contributed by atoms with Crippen LogP contribution in [0.4, 0.5) is 17.6 Å². The largest absolute Gasteiger partial charge is 0.573 e. The van der Waals surface area contributed by atoms with Gasteiger partial charge in [0.1, 0.15) is 23.9 Å². The second kappa shape index (κ2) is 6.34. The first-order valence-electron chi connectivity index (χ1n) is 5.76. The quantitative estimate of drug-likeness (QED) is 0.705.